The number of hydrogen-bond acceptors (Lipinski definition) is 5. The Labute approximate surface area is 248 Å². The first-order chi connectivity index (χ1) is 19.1. The Morgan fingerprint density at radius 1 is 1.00 bits per heavy atom. The molecule has 10 heteroatoms. The van der Waals surface area contributed by atoms with Crippen molar-refractivity contribution in [3.8, 4) is 5.75 Å². The van der Waals surface area contributed by atoms with Crippen LogP contribution in [0.15, 0.2) is 71.6 Å². The molecule has 3 aromatic rings. The number of hydrogen-bond donors (Lipinski definition) is 1. The van der Waals surface area contributed by atoms with Gasteiger partial charge in [-0.3, -0.25) is 13.9 Å². The van der Waals surface area contributed by atoms with Crippen molar-refractivity contribution in [2.75, 3.05) is 18.0 Å². The molecule has 220 valence electrons. The first-order valence-electron chi connectivity index (χ1n) is 13.2. The second-order valence-electron chi connectivity index (χ2n) is 11.0. The zero-order valence-corrected chi connectivity index (χ0v) is 26.1. The molecule has 0 saturated carbocycles. The van der Waals surface area contributed by atoms with Gasteiger partial charge in [0.2, 0.25) is 11.8 Å². The van der Waals surface area contributed by atoms with Gasteiger partial charge >= 0.3 is 0 Å². The van der Waals surface area contributed by atoms with Crippen LogP contribution < -0.4 is 14.4 Å². The summed E-state index contributed by atoms with van der Waals surface area (Å²) in [5, 5.41) is 3.12. The minimum Gasteiger partial charge on any atom is -0.495 e. The van der Waals surface area contributed by atoms with Crippen molar-refractivity contribution in [2.24, 2.45) is 0 Å². The standard InChI is InChI=1S/C31H38ClN3O5S/c1-21-12-15-26(16-13-21)41(38,39)35(25-14-17-28(40-7)27(32)18-25)20-29(36)34(19-24-11-9-8-10-22(24)2)23(3)30(37)33-31(4,5)6/h8-18,23H,19-20H2,1-7H3,(H,33,37). The summed E-state index contributed by atoms with van der Waals surface area (Å²) in [6.07, 6.45) is 0. The fourth-order valence-corrected chi connectivity index (χ4v) is 5.86. The molecule has 1 N–H and O–H groups in total. The fraction of sp³-hybridized carbons (Fsp3) is 0.355. The highest BCUT2D eigenvalue weighted by Crippen LogP contribution is 2.32. The maximum Gasteiger partial charge on any atom is 0.264 e. The lowest BCUT2D eigenvalue weighted by Gasteiger charge is -2.34. The van der Waals surface area contributed by atoms with Crippen LogP contribution in [0.5, 0.6) is 5.75 Å². The number of sulfonamides is 1. The summed E-state index contributed by atoms with van der Waals surface area (Å²) >= 11 is 6.37. The number of ether oxygens (including phenoxy) is 1. The molecule has 0 aliphatic rings. The van der Waals surface area contributed by atoms with E-state index in [4.69, 9.17) is 16.3 Å². The Hall–Kier alpha value is -3.56. The lowest BCUT2D eigenvalue weighted by Crippen LogP contribution is -2.54. The number of anilines is 1. The molecule has 0 aliphatic heterocycles. The molecular weight excluding hydrogens is 562 g/mol. The van der Waals surface area contributed by atoms with E-state index < -0.39 is 34.1 Å². The van der Waals surface area contributed by atoms with Gasteiger partial charge in [-0.2, -0.15) is 0 Å². The molecule has 0 saturated heterocycles. The first-order valence-corrected chi connectivity index (χ1v) is 15.0. The van der Waals surface area contributed by atoms with E-state index >= 15 is 0 Å². The van der Waals surface area contributed by atoms with E-state index in [1.165, 1.54) is 36.3 Å². The third-order valence-electron chi connectivity index (χ3n) is 6.58. The van der Waals surface area contributed by atoms with Crippen LogP contribution in [0.25, 0.3) is 0 Å². The second kappa shape index (κ2) is 13.0. The molecule has 41 heavy (non-hydrogen) atoms. The molecule has 8 nitrogen and oxygen atoms in total. The quantitative estimate of drug-likeness (QED) is 0.332. The van der Waals surface area contributed by atoms with Crippen molar-refractivity contribution >= 4 is 39.1 Å². The topological polar surface area (TPSA) is 96.0 Å². The highest BCUT2D eigenvalue weighted by Gasteiger charge is 2.33. The van der Waals surface area contributed by atoms with Gasteiger partial charge < -0.3 is 15.0 Å². The van der Waals surface area contributed by atoms with Gasteiger partial charge in [-0.15, -0.1) is 0 Å². The number of nitrogens with zero attached hydrogens (tertiary/aromatic N) is 2. The number of methoxy groups -OCH3 is 1. The van der Waals surface area contributed by atoms with Gasteiger partial charge in [-0.25, -0.2) is 8.42 Å². The SMILES string of the molecule is COc1ccc(N(CC(=O)N(Cc2ccccc2C)C(C)C(=O)NC(C)(C)C)S(=O)(=O)c2ccc(C)cc2)cc1Cl. The average molecular weight is 600 g/mol. The predicted molar refractivity (Wildman–Crippen MR) is 163 cm³/mol. The van der Waals surface area contributed by atoms with E-state index in [1.807, 2.05) is 58.9 Å². The van der Waals surface area contributed by atoms with Gasteiger partial charge in [0.05, 0.1) is 22.7 Å². The molecule has 0 fully saturated rings. The molecule has 0 aromatic heterocycles. The number of benzene rings is 3. The van der Waals surface area contributed by atoms with Crippen molar-refractivity contribution in [3.63, 3.8) is 0 Å². The smallest absolute Gasteiger partial charge is 0.264 e. The van der Waals surface area contributed by atoms with Gasteiger partial charge in [0.1, 0.15) is 18.3 Å². The maximum atomic E-state index is 14.1. The third kappa shape index (κ3) is 8.01. The molecule has 1 atom stereocenters. The van der Waals surface area contributed by atoms with Crippen LogP contribution in [0.2, 0.25) is 5.02 Å². The summed E-state index contributed by atoms with van der Waals surface area (Å²) in [6, 6.07) is 17.6. The Morgan fingerprint density at radius 3 is 2.20 bits per heavy atom. The number of carbonyl (C=O) groups is 2. The van der Waals surface area contributed by atoms with Gasteiger partial charge in [0.25, 0.3) is 10.0 Å². The number of nitrogens with one attached hydrogen (secondary N) is 1. The zero-order valence-electron chi connectivity index (χ0n) is 24.6. The molecule has 2 amide bonds. The van der Waals surface area contributed by atoms with Gasteiger partial charge in [-0.1, -0.05) is 53.6 Å². The second-order valence-corrected chi connectivity index (χ2v) is 13.3. The molecule has 3 rings (SSSR count). The van der Waals surface area contributed by atoms with Gasteiger partial charge in [-0.05, 0) is 83.0 Å². The van der Waals surface area contributed by atoms with Crippen molar-refractivity contribution in [2.45, 2.75) is 64.6 Å². The normalized spacial score (nSPS) is 12.4. The third-order valence-corrected chi connectivity index (χ3v) is 8.66. The zero-order chi connectivity index (χ0) is 30.5. The van der Waals surface area contributed by atoms with Gasteiger partial charge in [0.15, 0.2) is 0 Å². The first kappa shape index (κ1) is 32.0. The van der Waals surface area contributed by atoms with E-state index in [-0.39, 0.29) is 28.1 Å². The van der Waals surface area contributed by atoms with E-state index in [0.29, 0.717) is 5.75 Å². The number of carbonyl (C=O) groups excluding carboxylic acids is 2. The van der Waals surface area contributed by atoms with E-state index in [2.05, 4.69) is 5.32 Å². The fourth-order valence-electron chi connectivity index (χ4n) is 4.20. The number of rotatable bonds is 10. The van der Waals surface area contributed by atoms with Crippen LogP contribution in [0.4, 0.5) is 5.69 Å². The molecule has 0 radical (unpaired) electrons. The van der Waals surface area contributed by atoms with Crippen LogP contribution in [0, 0.1) is 13.8 Å². The van der Waals surface area contributed by atoms with Crippen LogP contribution in [-0.2, 0) is 26.2 Å². The predicted octanol–water partition coefficient (Wildman–Crippen LogP) is 5.49. The van der Waals surface area contributed by atoms with E-state index in [1.54, 1.807) is 25.1 Å². The Morgan fingerprint density at radius 2 is 1.63 bits per heavy atom. The highest BCUT2D eigenvalue weighted by atomic mass is 35.5. The van der Waals surface area contributed by atoms with Crippen LogP contribution in [0.1, 0.15) is 44.4 Å². The number of amides is 2. The minimum absolute atomic E-state index is 0.0202. The molecule has 0 bridgehead atoms. The number of halogens is 1. The highest BCUT2D eigenvalue weighted by molar-refractivity contribution is 7.92. The lowest BCUT2D eigenvalue weighted by molar-refractivity contribution is -0.140. The van der Waals surface area contributed by atoms with Crippen molar-refractivity contribution in [1.82, 2.24) is 10.2 Å². The van der Waals surface area contributed by atoms with E-state index in [0.717, 1.165) is 21.0 Å². The van der Waals surface area contributed by atoms with Crippen molar-refractivity contribution in [1.29, 1.82) is 0 Å². The van der Waals surface area contributed by atoms with Crippen LogP contribution >= 0.6 is 11.6 Å². The summed E-state index contributed by atoms with van der Waals surface area (Å²) in [5.41, 5.74) is 2.34. The molecule has 0 aliphatic carbocycles. The lowest BCUT2D eigenvalue weighted by atomic mass is 10.1. The molecule has 0 heterocycles. The molecule has 3 aromatic carbocycles. The summed E-state index contributed by atoms with van der Waals surface area (Å²) < 4.78 is 34.2. The van der Waals surface area contributed by atoms with Crippen molar-refractivity contribution in [3.05, 3.63) is 88.4 Å². The summed E-state index contributed by atoms with van der Waals surface area (Å²) in [7, 11) is -2.75. The monoisotopic (exact) mass is 599 g/mol. The Balaban J connectivity index is 2.09. The van der Waals surface area contributed by atoms with Crippen LogP contribution in [-0.4, -0.2) is 50.4 Å². The Bertz CT molecular complexity index is 1500. The largest absolute Gasteiger partial charge is 0.495 e. The molecular formula is C31H38ClN3O5S. The average Bonchev–Trinajstić information content (AvgIpc) is 2.90. The van der Waals surface area contributed by atoms with Gasteiger partial charge in [0, 0.05) is 12.1 Å². The maximum absolute atomic E-state index is 14.1. The molecule has 1 unspecified atom stereocenters. The Kier molecular flexibility index (Phi) is 10.1. The van der Waals surface area contributed by atoms with Crippen molar-refractivity contribution < 1.29 is 22.7 Å². The summed E-state index contributed by atoms with van der Waals surface area (Å²) in [5.74, 6) is -0.532. The molecule has 0 spiro atoms. The minimum atomic E-state index is -4.21. The summed E-state index contributed by atoms with van der Waals surface area (Å²) in [6.45, 7) is 10.5. The van der Waals surface area contributed by atoms with E-state index in [9.17, 15) is 18.0 Å². The summed E-state index contributed by atoms with van der Waals surface area (Å²) in [4.78, 5) is 28.7. The van der Waals surface area contributed by atoms with Crippen LogP contribution in [0.3, 0.4) is 0 Å². The number of aryl methyl sites for hydroxylation is 2.